The molecule has 0 saturated carbocycles. The van der Waals surface area contributed by atoms with Crippen molar-refractivity contribution in [3.63, 3.8) is 0 Å². The summed E-state index contributed by atoms with van der Waals surface area (Å²) in [6.07, 6.45) is 4.74. The number of aromatic nitrogens is 1. The van der Waals surface area contributed by atoms with E-state index in [-0.39, 0.29) is 5.54 Å². The minimum atomic E-state index is -0.155. The van der Waals surface area contributed by atoms with Crippen LogP contribution in [0.15, 0.2) is 157 Å². The van der Waals surface area contributed by atoms with Crippen LogP contribution in [0.2, 0.25) is 0 Å². The number of anilines is 2. The molecule has 4 heterocycles. The average Bonchev–Trinajstić information content (AvgIpc) is 3.38. The molecular formula is C42H28N2. The fourth-order valence-electron chi connectivity index (χ4n) is 7.77. The Labute approximate surface area is 256 Å². The average molecular weight is 561 g/mol. The molecule has 7 aromatic rings. The largest absolute Gasteiger partial charge is 0.327 e. The van der Waals surface area contributed by atoms with Crippen LogP contribution >= 0.6 is 0 Å². The highest BCUT2D eigenvalue weighted by atomic mass is 15.3. The van der Waals surface area contributed by atoms with Gasteiger partial charge < -0.3 is 9.47 Å². The van der Waals surface area contributed by atoms with Crippen LogP contribution in [0.1, 0.15) is 18.1 Å². The topological polar surface area (TPSA) is 8.17 Å². The maximum atomic E-state index is 2.51. The van der Waals surface area contributed by atoms with Gasteiger partial charge in [-0.2, -0.15) is 0 Å². The molecule has 4 aliphatic rings. The monoisotopic (exact) mass is 560 g/mol. The van der Waals surface area contributed by atoms with Crippen LogP contribution in [0.25, 0.3) is 55.3 Å². The van der Waals surface area contributed by atoms with E-state index in [9.17, 15) is 0 Å². The fourth-order valence-corrected chi connectivity index (χ4v) is 7.77. The SMILES string of the molecule is CC12C3=CC(=C3)c3cccc(c3)N1c1ccc(-c3ccc4c(c3)c3ccccc3n4-c3cccc(-c4ccccc4)c3)cc12. The highest BCUT2D eigenvalue weighted by Gasteiger charge is 2.51. The lowest BCUT2D eigenvalue weighted by molar-refractivity contribution is 0.522. The minimum absolute atomic E-state index is 0.155. The summed E-state index contributed by atoms with van der Waals surface area (Å²) >= 11 is 0. The number of rotatable bonds is 3. The Kier molecular flexibility index (Phi) is 4.61. The van der Waals surface area contributed by atoms with Gasteiger partial charge in [0.15, 0.2) is 0 Å². The predicted molar refractivity (Wildman–Crippen MR) is 184 cm³/mol. The molecule has 0 N–H and O–H groups in total. The number of nitrogens with zero attached hydrogens (tertiary/aromatic N) is 2. The Morgan fingerprint density at radius 1 is 0.477 bits per heavy atom. The Balaban J connectivity index is 1.11. The molecule has 11 rings (SSSR count). The molecule has 1 aliphatic carbocycles. The van der Waals surface area contributed by atoms with E-state index in [1.165, 1.54) is 83.4 Å². The minimum Gasteiger partial charge on any atom is -0.327 e. The number of allylic oxidation sites excluding steroid dienone is 2. The van der Waals surface area contributed by atoms with Crippen LogP contribution < -0.4 is 4.90 Å². The summed E-state index contributed by atoms with van der Waals surface area (Å²) in [4.78, 5) is 2.51. The van der Waals surface area contributed by atoms with Gasteiger partial charge in [-0.3, -0.25) is 0 Å². The van der Waals surface area contributed by atoms with Crippen LogP contribution in [-0.4, -0.2) is 4.57 Å². The molecule has 0 radical (unpaired) electrons. The van der Waals surface area contributed by atoms with E-state index in [4.69, 9.17) is 0 Å². The first-order valence-electron chi connectivity index (χ1n) is 15.4. The van der Waals surface area contributed by atoms with Gasteiger partial charge in [-0.1, -0.05) is 84.9 Å². The lowest BCUT2D eigenvalue weighted by Gasteiger charge is -2.56. The van der Waals surface area contributed by atoms with Crippen LogP contribution in [0.5, 0.6) is 0 Å². The molecule has 4 bridgehead atoms. The normalized spacial score (nSPS) is 17.5. The third-order valence-electron chi connectivity index (χ3n) is 10.0. The summed E-state index contributed by atoms with van der Waals surface area (Å²) in [5.74, 6) is 0. The van der Waals surface area contributed by atoms with Crippen LogP contribution in [0, 0.1) is 0 Å². The van der Waals surface area contributed by atoms with E-state index in [2.05, 4.69) is 168 Å². The first kappa shape index (κ1) is 23.9. The molecule has 2 heteroatoms. The molecule has 0 saturated heterocycles. The summed E-state index contributed by atoms with van der Waals surface area (Å²) in [6.45, 7) is 2.37. The van der Waals surface area contributed by atoms with Crippen molar-refractivity contribution >= 4 is 38.8 Å². The molecule has 0 amide bonds. The van der Waals surface area contributed by atoms with Crippen molar-refractivity contribution in [3.8, 4) is 27.9 Å². The van der Waals surface area contributed by atoms with Crippen LogP contribution in [0.4, 0.5) is 11.4 Å². The fraction of sp³-hybridized carbons (Fsp3) is 0.0476. The second-order valence-electron chi connectivity index (χ2n) is 12.4. The third-order valence-corrected chi connectivity index (χ3v) is 10.0. The van der Waals surface area contributed by atoms with Gasteiger partial charge in [-0.15, -0.1) is 0 Å². The number of hydrogen-bond donors (Lipinski definition) is 0. The van der Waals surface area contributed by atoms with Crippen molar-refractivity contribution in [2.45, 2.75) is 12.5 Å². The summed E-state index contributed by atoms with van der Waals surface area (Å²) in [5, 5.41) is 2.55. The van der Waals surface area contributed by atoms with E-state index >= 15 is 0 Å². The number of para-hydroxylation sites is 1. The van der Waals surface area contributed by atoms with E-state index in [1.54, 1.807) is 0 Å². The van der Waals surface area contributed by atoms with E-state index in [0.29, 0.717) is 0 Å². The molecule has 1 aromatic heterocycles. The zero-order valence-corrected chi connectivity index (χ0v) is 24.3. The summed E-state index contributed by atoms with van der Waals surface area (Å²) in [6, 6.07) is 51.3. The van der Waals surface area contributed by atoms with E-state index in [0.717, 1.165) is 0 Å². The van der Waals surface area contributed by atoms with Gasteiger partial charge in [0.1, 0.15) is 0 Å². The molecule has 3 aliphatic heterocycles. The van der Waals surface area contributed by atoms with Crippen molar-refractivity contribution in [1.82, 2.24) is 4.57 Å². The van der Waals surface area contributed by atoms with Gasteiger partial charge in [-0.05, 0) is 113 Å². The summed E-state index contributed by atoms with van der Waals surface area (Å²) in [7, 11) is 0. The Bertz CT molecular complexity index is 2400. The predicted octanol–water partition coefficient (Wildman–Crippen LogP) is 10.8. The van der Waals surface area contributed by atoms with Gasteiger partial charge in [0.25, 0.3) is 0 Å². The number of fused-ring (bicyclic) bond motifs is 4. The lowest BCUT2D eigenvalue weighted by atomic mass is 9.68. The van der Waals surface area contributed by atoms with Gasteiger partial charge in [0.05, 0.1) is 16.6 Å². The Morgan fingerprint density at radius 3 is 2.02 bits per heavy atom. The van der Waals surface area contributed by atoms with Crippen LogP contribution in [0.3, 0.4) is 0 Å². The first-order chi connectivity index (χ1) is 21.7. The zero-order chi connectivity index (χ0) is 29.0. The number of benzene rings is 6. The first-order valence-corrected chi connectivity index (χ1v) is 15.4. The highest BCUT2D eigenvalue weighted by Crippen LogP contribution is 2.60. The smallest absolute Gasteiger partial charge is 0.0947 e. The zero-order valence-electron chi connectivity index (χ0n) is 24.3. The molecule has 0 fully saturated rings. The maximum Gasteiger partial charge on any atom is 0.0947 e. The lowest BCUT2D eigenvalue weighted by Crippen LogP contribution is -2.52. The van der Waals surface area contributed by atoms with Gasteiger partial charge in [-0.25, -0.2) is 0 Å². The quantitative estimate of drug-likeness (QED) is 0.209. The van der Waals surface area contributed by atoms with Crippen molar-refractivity contribution in [2.75, 3.05) is 4.90 Å². The Hall–Kier alpha value is -5.60. The molecular weight excluding hydrogens is 532 g/mol. The molecule has 1 atom stereocenters. The second-order valence-corrected chi connectivity index (χ2v) is 12.4. The molecule has 2 nitrogen and oxygen atoms in total. The molecule has 0 spiro atoms. The van der Waals surface area contributed by atoms with Gasteiger partial charge in [0.2, 0.25) is 0 Å². The van der Waals surface area contributed by atoms with Crippen LogP contribution in [-0.2, 0) is 5.54 Å². The van der Waals surface area contributed by atoms with Crippen molar-refractivity contribution in [1.29, 1.82) is 0 Å². The van der Waals surface area contributed by atoms with Gasteiger partial charge >= 0.3 is 0 Å². The molecule has 44 heavy (non-hydrogen) atoms. The Morgan fingerprint density at radius 2 is 1.14 bits per heavy atom. The van der Waals surface area contributed by atoms with Crippen molar-refractivity contribution in [3.05, 3.63) is 168 Å². The van der Waals surface area contributed by atoms with E-state index in [1.807, 2.05) is 0 Å². The molecule has 206 valence electrons. The van der Waals surface area contributed by atoms with Crippen molar-refractivity contribution < 1.29 is 0 Å². The summed E-state index contributed by atoms with van der Waals surface area (Å²) in [5.41, 5.74) is 16.4. The summed E-state index contributed by atoms with van der Waals surface area (Å²) < 4.78 is 2.41. The highest BCUT2D eigenvalue weighted by molar-refractivity contribution is 6.10. The second kappa shape index (κ2) is 8.49. The molecule has 6 aromatic carbocycles. The maximum absolute atomic E-state index is 2.51. The molecule has 1 unspecified atom stereocenters. The number of hydrogen-bond acceptors (Lipinski definition) is 1. The third kappa shape index (κ3) is 3.10. The standard InChI is InChI=1S/C42H28N2/c1-42-33-21-32(22-33)29-12-8-14-35(24-29)44(42)41-20-18-31(26-38(41)42)30-17-19-40-37(25-30)36-15-5-6-16-39(36)43(40)34-13-7-11-28(23-34)27-9-3-2-4-10-27/h2-26H,1H3. The van der Waals surface area contributed by atoms with E-state index < -0.39 is 0 Å². The van der Waals surface area contributed by atoms with Gasteiger partial charge in [0, 0.05) is 33.4 Å². The van der Waals surface area contributed by atoms with Crippen molar-refractivity contribution in [2.24, 2.45) is 0 Å².